The van der Waals surface area contributed by atoms with Crippen molar-refractivity contribution in [2.45, 2.75) is 6.92 Å². The first-order valence-electron chi connectivity index (χ1n) is 9.64. The van der Waals surface area contributed by atoms with Crippen LogP contribution in [0.5, 0.6) is 11.5 Å². The Bertz CT molecular complexity index is 1200. The number of hydrogen-bond donors (Lipinski definition) is 1. The number of carbonyl (C=O) groups excluding carboxylic acids is 1. The largest absolute Gasteiger partial charge is 0.493 e. The number of ether oxygens (including phenoxy) is 2. The molecule has 3 rings (SSSR count). The third-order valence-electron chi connectivity index (χ3n) is 4.50. The second-order valence-corrected chi connectivity index (χ2v) is 7.32. The maximum atomic E-state index is 13.5. The number of rotatable bonds is 7. The van der Waals surface area contributed by atoms with Gasteiger partial charge in [-0.3, -0.25) is 4.79 Å². The normalized spacial score (nSPS) is 10.9. The predicted octanol–water partition coefficient (Wildman–Crippen LogP) is 5.88. The Labute approximate surface area is 190 Å². The third-order valence-corrected chi connectivity index (χ3v) is 4.78. The molecule has 0 aromatic heterocycles. The summed E-state index contributed by atoms with van der Waals surface area (Å²) in [6.07, 6.45) is 1.57. The molecule has 0 saturated heterocycles. The number of nitrogens with zero attached hydrogens (tertiary/aromatic N) is 1. The minimum Gasteiger partial charge on any atom is -0.493 e. The number of hydrogen-bond acceptors (Lipinski definition) is 4. The molecular weight excluding hydrogens is 431 g/mol. The molecule has 0 saturated carbocycles. The SMILES string of the molecule is COc1cc(/C=C(/C#N)c2cccc(F)c2)cc(Cl)c1OCC(=O)Nc1ccc(C)cc1. The van der Waals surface area contributed by atoms with E-state index < -0.39 is 5.82 Å². The van der Waals surface area contributed by atoms with E-state index in [0.29, 0.717) is 22.6 Å². The zero-order chi connectivity index (χ0) is 23.1. The monoisotopic (exact) mass is 450 g/mol. The average Bonchev–Trinajstić information content (AvgIpc) is 2.78. The number of benzene rings is 3. The summed E-state index contributed by atoms with van der Waals surface area (Å²) in [6.45, 7) is 1.69. The van der Waals surface area contributed by atoms with Gasteiger partial charge in [0.1, 0.15) is 5.82 Å². The van der Waals surface area contributed by atoms with E-state index in [0.717, 1.165) is 5.56 Å². The number of amides is 1. The van der Waals surface area contributed by atoms with Gasteiger partial charge in [-0.15, -0.1) is 0 Å². The van der Waals surface area contributed by atoms with Crippen molar-refractivity contribution in [2.24, 2.45) is 0 Å². The highest BCUT2D eigenvalue weighted by molar-refractivity contribution is 6.32. The van der Waals surface area contributed by atoms with Crippen LogP contribution in [-0.2, 0) is 4.79 Å². The lowest BCUT2D eigenvalue weighted by Gasteiger charge is -2.13. The molecule has 162 valence electrons. The first kappa shape index (κ1) is 22.9. The van der Waals surface area contributed by atoms with Crippen molar-refractivity contribution in [3.8, 4) is 17.6 Å². The summed E-state index contributed by atoms with van der Waals surface area (Å²) in [7, 11) is 1.44. The van der Waals surface area contributed by atoms with Crippen LogP contribution in [0.3, 0.4) is 0 Å². The van der Waals surface area contributed by atoms with Gasteiger partial charge in [-0.05, 0) is 60.5 Å². The first-order chi connectivity index (χ1) is 15.4. The van der Waals surface area contributed by atoms with Crippen molar-refractivity contribution in [2.75, 3.05) is 19.0 Å². The van der Waals surface area contributed by atoms with Crippen LogP contribution in [0.1, 0.15) is 16.7 Å². The lowest BCUT2D eigenvalue weighted by Crippen LogP contribution is -2.20. The predicted molar refractivity (Wildman–Crippen MR) is 123 cm³/mol. The van der Waals surface area contributed by atoms with Crippen molar-refractivity contribution in [1.82, 2.24) is 0 Å². The number of nitrogens with one attached hydrogen (secondary N) is 1. The standard InChI is InChI=1S/C25H20ClFN2O3/c1-16-6-8-21(9-7-16)29-24(30)15-32-25-22(26)11-17(12-23(25)31-2)10-19(14-28)18-4-3-5-20(27)13-18/h3-13H,15H2,1-2H3,(H,29,30)/b19-10-. The molecule has 0 spiro atoms. The van der Waals surface area contributed by atoms with E-state index >= 15 is 0 Å². The Kier molecular flexibility index (Phi) is 7.48. The number of methoxy groups -OCH3 is 1. The molecule has 7 heteroatoms. The Morgan fingerprint density at radius 2 is 1.94 bits per heavy atom. The molecule has 3 aromatic carbocycles. The zero-order valence-electron chi connectivity index (χ0n) is 17.5. The third kappa shape index (κ3) is 5.87. The zero-order valence-corrected chi connectivity index (χ0v) is 18.2. The van der Waals surface area contributed by atoms with Crippen molar-refractivity contribution < 1.29 is 18.7 Å². The topological polar surface area (TPSA) is 71.3 Å². The van der Waals surface area contributed by atoms with Crippen LogP contribution in [0.25, 0.3) is 11.6 Å². The summed E-state index contributed by atoms with van der Waals surface area (Å²) < 4.78 is 24.5. The van der Waals surface area contributed by atoms with Gasteiger partial charge in [0.25, 0.3) is 5.91 Å². The second-order valence-electron chi connectivity index (χ2n) is 6.92. The van der Waals surface area contributed by atoms with Gasteiger partial charge in [0.2, 0.25) is 0 Å². The van der Waals surface area contributed by atoms with Crippen molar-refractivity contribution in [1.29, 1.82) is 5.26 Å². The highest BCUT2D eigenvalue weighted by Gasteiger charge is 2.14. The van der Waals surface area contributed by atoms with Gasteiger partial charge >= 0.3 is 0 Å². The second kappa shape index (κ2) is 10.5. The fourth-order valence-corrected chi connectivity index (χ4v) is 3.21. The van der Waals surface area contributed by atoms with E-state index in [2.05, 4.69) is 11.4 Å². The van der Waals surface area contributed by atoms with Crippen LogP contribution < -0.4 is 14.8 Å². The summed E-state index contributed by atoms with van der Waals surface area (Å²) in [5, 5.41) is 12.4. The summed E-state index contributed by atoms with van der Waals surface area (Å²) in [5.41, 5.74) is 3.00. The van der Waals surface area contributed by atoms with Gasteiger partial charge in [0, 0.05) is 5.69 Å². The Morgan fingerprint density at radius 3 is 2.59 bits per heavy atom. The summed E-state index contributed by atoms with van der Waals surface area (Å²) >= 11 is 6.36. The molecule has 0 unspecified atom stereocenters. The smallest absolute Gasteiger partial charge is 0.262 e. The van der Waals surface area contributed by atoms with Crippen LogP contribution in [0, 0.1) is 24.1 Å². The lowest BCUT2D eigenvalue weighted by atomic mass is 10.0. The number of nitriles is 1. The molecule has 1 amide bonds. The van der Waals surface area contributed by atoms with Gasteiger partial charge in [0.15, 0.2) is 18.1 Å². The summed E-state index contributed by atoms with van der Waals surface area (Å²) in [5.74, 6) is -0.293. The quantitative estimate of drug-likeness (QED) is 0.360. The summed E-state index contributed by atoms with van der Waals surface area (Å²) in [4.78, 5) is 12.2. The molecule has 5 nitrogen and oxygen atoms in total. The van der Waals surface area contributed by atoms with E-state index in [1.54, 1.807) is 36.4 Å². The highest BCUT2D eigenvalue weighted by Crippen LogP contribution is 2.37. The van der Waals surface area contributed by atoms with Crippen LogP contribution in [0.15, 0.2) is 60.7 Å². The van der Waals surface area contributed by atoms with Gasteiger partial charge < -0.3 is 14.8 Å². The molecule has 0 aliphatic rings. The van der Waals surface area contributed by atoms with Gasteiger partial charge in [-0.1, -0.05) is 41.4 Å². The number of allylic oxidation sites excluding steroid dienone is 1. The highest BCUT2D eigenvalue weighted by atomic mass is 35.5. The number of aryl methyl sites for hydroxylation is 1. The fraction of sp³-hybridized carbons (Fsp3) is 0.120. The number of carbonyl (C=O) groups is 1. The molecule has 0 atom stereocenters. The molecule has 0 heterocycles. The van der Waals surface area contributed by atoms with Crippen molar-refractivity contribution in [3.05, 3.63) is 88.2 Å². The van der Waals surface area contributed by atoms with Crippen LogP contribution in [-0.4, -0.2) is 19.6 Å². The lowest BCUT2D eigenvalue weighted by molar-refractivity contribution is -0.118. The minimum atomic E-state index is -0.438. The molecule has 0 aliphatic heterocycles. The van der Waals surface area contributed by atoms with E-state index in [4.69, 9.17) is 21.1 Å². The first-order valence-corrected chi connectivity index (χ1v) is 10.0. The summed E-state index contributed by atoms with van der Waals surface area (Å²) in [6, 6.07) is 18.4. The maximum Gasteiger partial charge on any atom is 0.262 e. The van der Waals surface area contributed by atoms with E-state index in [1.165, 1.54) is 25.3 Å². The number of halogens is 2. The molecule has 0 aliphatic carbocycles. The molecule has 0 fully saturated rings. The molecule has 1 N–H and O–H groups in total. The minimum absolute atomic E-state index is 0.203. The van der Waals surface area contributed by atoms with Crippen LogP contribution >= 0.6 is 11.6 Å². The van der Waals surface area contributed by atoms with Gasteiger partial charge in [-0.25, -0.2) is 4.39 Å². The molecule has 3 aromatic rings. The Morgan fingerprint density at radius 1 is 1.19 bits per heavy atom. The van der Waals surface area contributed by atoms with Gasteiger partial charge in [-0.2, -0.15) is 5.26 Å². The number of anilines is 1. The maximum absolute atomic E-state index is 13.5. The van der Waals surface area contributed by atoms with E-state index in [1.807, 2.05) is 19.1 Å². The molecule has 32 heavy (non-hydrogen) atoms. The average molecular weight is 451 g/mol. The van der Waals surface area contributed by atoms with E-state index in [9.17, 15) is 14.4 Å². The van der Waals surface area contributed by atoms with Gasteiger partial charge in [0.05, 0.1) is 23.8 Å². The Hall–Kier alpha value is -3.82. The Balaban J connectivity index is 1.78. The van der Waals surface area contributed by atoms with Crippen molar-refractivity contribution >= 4 is 34.8 Å². The van der Waals surface area contributed by atoms with Crippen LogP contribution in [0.4, 0.5) is 10.1 Å². The molecule has 0 bridgehead atoms. The van der Waals surface area contributed by atoms with E-state index in [-0.39, 0.29) is 28.9 Å². The fourth-order valence-electron chi connectivity index (χ4n) is 2.94. The molecule has 0 radical (unpaired) electrons. The van der Waals surface area contributed by atoms with Crippen LogP contribution in [0.2, 0.25) is 5.02 Å². The molecular formula is C25H20ClFN2O3. The van der Waals surface area contributed by atoms with Crippen molar-refractivity contribution in [3.63, 3.8) is 0 Å².